The van der Waals surface area contributed by atoms with Gasteiger partial charge in [-0.2, -0.15) is 0 Å². The second-order valence-corrected chi connectivity index (χ2v) is 7.29. The number of likely N-dealkylation sites (tertiary alicyclic amines) is 1. The van der Waals surface area contributed by atoms with Gasteiger partial charge < -0.3 is 14.5 Å². The van der Waals surface area contributed by atoms with E-state index in [0.29, 0.717) is 6.04 Å². The second kappa shape index (κ2) is 7.14. The molecule has 3 heterocycles. The predicted octanol–water partition coefficient (Wildman–Crippen LogP) is 2.34. The van der Waals surface area contributed by atoms with Crippen LogP contribution in [0.5, 0.6) is 0 Å². The van der Waals surface area contributed by atoms with Crippen molar-refractivity contribution in [1.82, 2.24) is 14.9 Å². The first-order valence-corrected chi connectivity index (χ1v) is 9.24. The van der Waals surface area contributed by atoms with Gasteiger partial charge in [0.1, 0.15) is 12.1 Å². The van der Waals surface area contributed by atoms with E-state index in [1.165, 1.54) is 58.2 Å². The van der Waals surface area contributed by atoms with Crippen molar-refractivity contribution in [1.29, 1.82) is 0 Å². The number of hydrogen-bond acceptors (Lipinski definition) is 5. The summed E-state index contributed by atoms with van der Waals surface area (Å²) in [5, 5.41) is 0. The maximum atomic E-state index is 5.48. The van der Waals surface area contributed by atoms with Gasteiger partial charge in [-0.15, -0.1) is 0 Å². The van der Waals surface area contributed by atoms with E-state index in [4.69, 9.17) is 4.74 Å². The molecule has 4 rings (SSSR count). The highest BCUT2D eigenvalue weighted by Crippen LogP contribution is 2.35. The first-order valence-electron chi connectivity index (χ1n) is 9.24. The Morgan fingerprint density at radius 1 is 1.04 bits per heavy atom. The van der Waals surface area contributed by atoms with Crippen molar-refractivity contribution >= 4 is 5.82 Å². The largest absolute Gasteiger partial charge is 0.381 e. The van der Waals surface area contributed by atoms with Gasteiger partial charge in [0.15, 0.2) is 0 Å². The van der Waals surface area contributed by atoms with Crippen molar-refractivity contribution in [2.75, 3.05) is 37.7 Å². The zero-order chi connectivity index (χ0) is 15.5. The molecule has 1 aliphatic carbocycles. The minimum absolute atomic E-state index is 0.656. The lowest BCUT2D eigenvalue weighted by Crippen LogP contribution is -2.47. The molecule has 126 valence electrons. The molecule has 0 bridgehead atoms. The minimum Gasteiger partial charge on any atom is -0.381 e. The molecule has 2 saturated heterocycles. The monoisotopic (exact) mass is 316 g/mol. The van der Waals surface area contributed by atoms with Gasteiger partial charge in [0, 0.05) is 51.1 Å². The number of hydrogen-bond donors (Lipinski definition) is 0. The quantitative estimate of drug-likeness (QED) is 0.834. The third-order valence-corrected chi connectivity index (χ3v) is 5.58. The van der Waals surface area contributed by atoms with Crippen LogP contribution in [-0.4, -0.2) is 59.8 Å². The van der Waals surface area contributed by atoms with Crippen molar-refractivity contribution in [2.24, 2.45) is 5.92 Å². The van der Waals surface area contributed by atoms with Gasteiger partial charge in [-0.3, -0.25) is 0 Å². The Bertz CT molecular complexity index is 479. The molecule has 0 N–H and O–H groups in total. The number of piperidine rings is 1. The molecule has 1 saturated carbocycles. The Balaban J connectivity index is 1.33. The summed E-state index contributed by atoms with van der Waals surface area (Å²) in [6.07, 6.45) is 11.2. The summed E-state index contributed by atoms with van der Waals surface area (Å²) < 4.78 is 5.48. The number of anilines is 1. The van der Waals surface area contributed by atoms with Gasteiger partial charge in [0.05, 0.1) is 0 Å². The summed E-state index contributed by atoms with van der Waals surface area (Å²) in [7, 11) is 0. The number of rotatable bonds is 5. The molecular formula is C18H28N4O. The lowest BCUT2D eigenvalue weighted by Gasteiger charge is -2.40. The summed E-state index contributed by atoms with van der Waals surface area (Å²) in [6, 6.07) is 3.45. The summed E-state index contributed by atoms with van der Waals surface area (Å²) in [5.41, 5.74) is 0. The highest BCUT2D eigenvalue weighted by molar-refractivity contribution is 5.41. The molecule has 0 radical (unpaired) electrons. The SMILES string of the molecule is c1cc(N(C2CC2)C2CCN(CC3CCOCC3)CC2)ncn1. The molecule has 5 heteroatoms. The van der Waals surface area contributed by atoms with Crippen LogP contribution in [0.15, 0.2) is 18.6 Å². The fraction of sp³-hybridized carbons (Fsp3) is 0.778. The van der Waals surface area contributed by atoms with Crippen molar-refractivity contribution < 1.29 is 4.74 Å². The van der Waals surface area contributed by atoms with E-state index in [1.54, 1.807) is 6.33 Å². The highest BCUT2D eigenvalue weighted by Gasteiger charge is 2.36. The normalized spacial score (nSPS) is 24.7. The zero-order valence-corrected chi connectivity index (χ0v) is 13.9. The number of nitrogens with zero attached hydrogens (tertiary/aromatic N) is 4. The molecule has 23 heavy (non-hydrogen) atoms. The Morgan fingerprint density at radius 3 is 2.43 bits per heavy atom. The minimum atomic E-state index is 0.656. The highest BCUT2D eigenvalue weighted by atomic mass is 16.5. The molecule has 3 aliphatic rings. The first-order chi connectivity index (χ1) is 11.4. The van der Waals surface area contributed by atoms with Crippen LogP contribution in [0.2, 0.25) is 0 Å². The molecule has 0 atom stereocenters. The molecule has 3 fully saturated rings. The van der Waals surface area contributed by atoms with Crippen LogP contribution in [0.4, 0.5) is 5.82 Å². The summed E-state index contributed by atoms with van der Waals surface area (Å²) >= 11 is 0. The molecule has 1 aromatic heterocycles. The second-order valence-electron chi connectivity index (χ2n) is 7.29. The van der Waals surface area contributed by atoms with Crippen LogP contribution in [0.1, 0.15) is 38.5 Å². The van der Waals surface area contributed by atoms with E-state index in [2.05, 4.69) is 25.8 Å². The third kappa shape index (κ3) is 3.83. The van der Waals surface area contributed by atoms with Crippen LogP contribution in [0.25, 0.3) is 0 Å². The van der Waals surface area contributed by atoms with Crippen molar-refractivity contribution in [3.63, 3.8) is 0 Å². The maximum absolute atomic E-state index is 5.48. The van der Waals surface area contributed by atoms with E-state index in [1.807, 2.05) is 6.20 Å². The Kier molecular flexibility index (Phi) is 4.76. The molecule has 0 aromatic carbocycles. The molecule has 0 unspecified atom stereocenters. The van der Waals surface area contributed by atoms with Gasteiger partial charge in [-0.1, -0.05) is 0 Å². The van der Waals surface area contributed by atoms with E-state index in [0.717, 1.165) is 31.0 Å². The van der Waals surface area contributed by atoms with Crippen molar-refractivity contribution in [2.45, 2.75) is 50.6 Å². The van der Waals surface area contributed by atoms with Crippen LogP contribution in [-0.2, 0) is 4.74 Å². The van der Waals surface area contributed by atoms with E-state index in [9.17, 15) is 0 Å². The zero-order valence-electron chi connectivity index (χ0n) is 13.9. The van der Waals surface area contributed by atoms with Crippen LogP contribution in [0, 0.1) is 5.92 Å². The number of ether oxygens (including phenoxy) is 1. The Morgan fingerprint density at radius 2 is 1.78 bits per heavy atom. The fourth-order valence-electron chi connectivity index (χ4n) is 4.14. The molecule has 5 nitrogen and oxygen atoms in total. The molecule has 0 amide bonds. The van der Waals surface area contributed by atoms with Gasteiger partial charge in [0.2, 0.25) is 0 Å². The summed E-state index contributed by atoms with van der Waals surface area (Å²) in [4.78, 5) is 13.9. The van der Waals surface area contributed by atoms with Crippen LogP contribution in [0.3, 0.4) is 0 Å². The average molecular weight is 316 g/mol. The van der Waals surface area contributed by atoms with E-state index >= 15 is 0 Å². The van der Waals surface area contributed by atoms with E-state index in [-0.39, 0.29) is 0 Å². The lowest BCUT2D eigenvalue weighted by atomic mass is 9.97. The fourth-order valence-corrected chi connectivity index (χ4v) is 4.14. The molecule has 0 spiro atoms. The van der Waals surface area contributed by atoms with Crippen LogP contribution < -0.4 is 4.90 Å². The Labute approximate surface area is 139 Å². The predicted molar refractivity (Wildman–Crippen MR) is 90.5 cm³/mol. The summed E-state index contributed by atoms with van der Waals surface area (Å²) in [5.74, 6) is 1.98. The van der Waals surface area contributed by atoms with Crippen molar-refractivity contribution in [3.05, 3.63) is 18.6 Å². The third-order valence-electron chi connectivity index (χ3n) is 5.58. The number of aromatic nitrogens is 2. The van der Waals surface area contributed by atoms with Gasteiger partial charge in [-0.25, -0.2) is 9.97 Å². The molecule has 2 aliphatic heterocycles. The standard InChI is InChI=1S/C18H28N4O/c1-2-16(1)22(18-3-8-19-14-20-18)17-4-9-21(10-5-17)13-15-6-11-23-12-7-15/h3,8,14-17H,1-2,4-7,9-13H2. The topological polar surface area (TPSA) is 41.5 Å². The van der Waals surface area contributed by atoms with E-state index < -0.39 is 0 Å². The first kappa shape index (κ1) is 15.3. The van der Waals surface area contributed by atoms with Gasteiger partial charge in [-0.05, 0) is 50.5 Å². The smallest absolute Gasteiger partial charge is 0.132 e. The average Bonchev–Trinajstić information content (AvgIpc) is 3.44. The molecule has 1 aromatic rings. The van der Waals surface area contributed by atoms with Crippen LogP contribution >= 0.6 is 0 Å². The maximum Gasteiger partial charge on any atom is 0.132 e. The lowest BCUT2D eigenvalue weighted by molar-refractivity contribution is 0.0487. The van der Waals surface area contributed by atoms with Crippen molar-refractivity contribution in [3.8, 4) is 0 Å². The summed E-state index contributed by atoms with van der Waals surface area (Å²) in [6.45, 7) is 5.66. The van der Waals surface area contributed by atoms with Gasteiger partial charge >= 0.3 is 0 Å². The molecular weight excluding hydrogens is 288 g/mol. The van der Waals surface area contributed by atoms with Gasteiger partial charge in [0.25, 0.3) is 0 Å². The Hall–Kier alpha value is -1.20.